The van der Waals surface area contributed by atoms with Crippen molar-refractivity contribution in [2.45, 2.75) is 0 Å². The Hall–Kier alpha value is -1.87. The molecule has 3 aromatic rings. The Labute approximate surface area is 174 Å². The van der Waals surface area contributed by atoms with Crippen molar-refractivity contribution in [2.24, 2.45) is 0 Å². The van der Waals surface area contributed by atoms with Gasteiger partial charge in [0.2, 0.25) is 0 Å². The van der Waals surface area contributed by atoms with E-state index in [-0.39, 0.29) is 5.91 Å². The molecule has 0 N–H and O–H groups in total. The summed E-state index contributed by atoms with van der Waals surface area (Å²) in [6.07, 6.45) is 0. The van der Waals surface area contributed by atoms with E-state index in [9.17, 15) is 9.18 Å². The maximum atomic E-state index is 13.7. The number of morpholine rings is 1. The van der Waals surface area contributed by atoms with Gasteiger partial charge in [-0.15, -0.1) is 0 Å². The third-order valence-corrected chi connectivity index (χ3v) is 6.16. The van der Waals surface area contributed by atoms with Gasteiger partial charge < -0.3 is 4.74 Å². The van der Waals surface area contributed by atoms with E-state index >= 15 is 0 Å². The van der Waals surface area contributed by atoms with Crippen LogP contribution in [0.2, 0.25) is 0 Å². The molecule has 0 spiro atoms. The summed E-state index contributed by atoms with van der Waals surface area (Å²) in [5.41, 5.74) is 1.16. The Morgan fingerprint density at radius 2 is 2.07 bits per heavy atom. The van der Waals surface area contributed by atoms with Crippen LogP contribution in [0.5, 0.6) is 0 Å². The molecule has 2 aromatic carbocycles. The van der Waals surface area contributed by atoms with Crippen LogP contribution in [0, 0.1) is 5.82 Å². The van der Waals surface area contributed by atoms with Gasteiger partial charge in [-0.3, -0.25) is 14.6 Å². The standard InChI is InChI=1S/C20H19BrFN3O2S/c21-15-4-5-17-18(13-15)28-20(23-17)25(7-6-24-8-10-27-11-9-24)19(26)14-2-1-3-16(22)12-14/h1-5,12-13H,6-11H2. The van der Waals surface area contributed by atoms with Crippen LogP contribution in [0.15, 0.2) is 46.9 Å². The van der Waals surface area contributed by atoms with Gasteiger partial charge in [0.25, 0.3) is 5.91 Å². The fourth-order valence-corrected chi connectivity index (χ4v) is 4.67. The molecular weight excluding hydrogens is 445 g/mol. The van der Waals surface area contributed by atoms with Gasteiger partial charge in [-0.05, 0) is 36.4 Å². The highest BCUT2D eigenvalue weighted by Gasteiger charge is 2.23. The molecule has 0 atom stereocenters. The summed E-state index contributed by atoms with van der Waals surface area (Å²) in [4.78, 5) is 21.8. The molecule has 0 saturated carbocycles. The highest BCUT2D eigenvalue weighted by Crippen LogP contribution is 2.31. The molecular formula is C20H19BrFN3O2S. The SMILES string of the molecule is O=C(c1cccc(F)c1)N(CCN1CCOCC1)c1nc2ccc(Br)cc2s1. The average Bonchev–Trinajstić information content (AvgIpc) is 3.11. The van der Waals surface area contributed by atoms with Crippen LogP contribution in [-0.2, 0) is 4.74 Å². The number of ether oxygens (including phenoxy) is 1. The number of amides is 1. The Kier molecular flexibility index (Phi) is 6.01. The minimum absolute atomic E-state index is 0.245. The summed E-state index contributed by atoms with van der Waals surface area (Å²) in [6, 6.07) is 11.6. The Morgan fingerprint density at radius 1 is 1.25 bits per heavy atom. The number of anilines is 1. The number of hydrogen-bond donors (Lipinski definition) is 0. The third-order valence-electron chi connectivity index (χ3n) is 4.63. The van der Waals surface area contributed by atoms with Crippen molar-refractivity contribution in [2.75, 3.05) is 44.3 Å². The van der Waals surface area contributed by atoms with E-state index in [1.54, 1.807) is 17.0 Å². The third kappa shape index (κ3) is 4.41. The van der Waals surface area contributed by atoms with Gasteiger partial charge in [0.15, 0.2) is 5.13 Å². The van der Waals surface area contributed by atoms with Crippen LogP contribution >= 0.6 is 27.3 Å². The lowest BCUT2D eigenvalue weighted by Crippen LogP contribution is -2.43. The number of hydrogen-bond acceptors (Lipinski definition) is 5. The fourth-order valence-electron chi connectivity index (χ4n) is 3.13. The van der Waals surface area contributed by atoms with Crippen molar-refractivity contribution in [1.82, 2.24) is 9.88 Å². The lowest BCUT2D eigenvalue weighted by Gasteiger charge is -2.29. The van der Waals surface area contributed by atoms with Gasteiger partial charge in [0, 0.05) is 36.2 Å². The highest BCUT2D eigenvalue weighted by molar-refractivity contribution is 9.10. The number of fused-ring (bicyclic) bond motifs is 1. The number of carbonyl (C=O) groups is 1. The predicted octanol–water partition coefficient (Wildman–Crippen LogP) is 4.18. The van der Waals surface area contributed by atoms with Crippen molar-refractivity contribution in [1.29, 1.82) is 0 Å². The van der Waals surface area contributed by atoms with Crippen molar-refractivity contribution in [3.05, 3.63) is 58.3 Å². The van der Waals surface area contributed by atoms with Crippen LogP contribution in [-0.4, -0.2) is 55.2 Å². The summed E-state index contributed by atoms with van der Waals surface area (Å²) in [5, 5.41) is 0.621. The van der Waals surface area contributed by atoms with Crippen molar-refractivity contribution in [3.8, 4) is 0 Å². The number of rotatable bonds is 5. The topological polar surface area (TPSA) is 45.7 Å². The van der Waals surface area contributed by atoms with Crippen LogP contribution in [0.25, 0.3) is 10.2 Å². The van der Waals surface area contributed by atoms with E-state index in [0.717, 1.165) is 27.8 Å². The summed E-state index contributed by atoms with van der Waals surface area (Å²) in [5.74, 6) is -0.668. The second kappa shape index (κ2) is 8.65. The molecule has 0 aliphatic carbocycles. The molecule has 0 unspecified atom stereocenters. The zero-order valence-corrected chi connectivity index (χ0v) is 17.5. The van der Waals surface area contributed by atoms with Gasteiger partial charge in [-0.2, -0.15) is 0 Å². The number of thiazole rings is 1. The lowest BCUT2D eigenvalue weighted by molar-refractivity contribution is 0.0391. The number of aromatic nitrogens is 1. The minimum Gasteiger partial charge on any atom is -0.379 e. The fraction of sp³-hybridized carbons (Fsp3) is 0.300. The Morgan fingerprint density at radius 3 is 2.86 bits per heavy atom. The molecule has 1 aromatic heterocycles. The predicted molar refractivity (Wildman–Crippen MR) is 113 cm³/mol. The molecule has 2 heterocycles. The van der Waals surface area contributed by atoms with E-state index in [4.69, 9.17) is 4.74 Å². The maximum Gasteiger partial charge on any atom is 0.260 e. The first-order valence-electron chi connectivity index (χ1n) is 9.04. The molecule has 1 amide bonds. The molecule has 0 bridgehead atoms. The van der Waals surface area contributed by atoms with E-state index in [1.165, 1.54) is 23.5 Å². The van der Waals surface area contributed by atoms with Gasteiger partial charge in [-0.1, -0.05) is 33.3 Å². The zero-order valence-electron chi connectivity index (χ0n) is 15.1. The molecule has 1 aliphatic heterocycles. The minimum atomic E-state index is -0.424. The quantitative estimate of drug-likeness (QED) is 0.569. The van der Waals surface area contributed by atoms with Gasteiger partial charge in [0.1, 0.15) is 5.82 Å². The van der Waals surface area contributed by atoms with Gasteiger partial charge in [0.05, 0.1) is 23.4 Å². The van der Waals surface area contributed by atoms with Crippen LogP contribution < -0.4 is 4.90 Å². The average molecular weight is 464 g/mol. The summed E-state index contributed by atoms with van der Waals surface area (Å²) < 4.78 is 21.0. The molecule has 1 saturated heterocycles. The maximum absolute atomic E-state index is 13.7. The van der Waals surface area contributed by atoms with Crippen molar-refractivity contribution in [3.63, 3.8) is 0 Å². The van der Waals surface area contributed by atoms with Gasteiger partial charge >= 0.3 is 0 Å². The number of carbonyl (C=O) groups excluding carboxylic acids is 1. The van der Waals surface area contributed by atoms with E-state index < -0.39 is 5.82 Å². The molecule has 8 heteroatoms. The summed E-state index contributed by atoms with van der Waals surface area (Å²) >= 11 is 4.93. The van der Waals surface area contributed by atoms with E-state index in [0.29, 0.717) is 37.0 Å². The first-order chi connectivity index (χ1) is 13.6. The van der Waals surface area contributed by atoms with Gasteiger partial charge in [-0.25, -0.2) is 9.37 Å². The molecule has 1 fully saturated rings. The number of nitrogens with zero attached hydrogens (tertiary/aromatic N) is 3. The summed E-state index contributed by atoms with van der Waals surface area (Å²) in [6.45, 7) is 4.28. The largest absolute Gasteiger partial charge is 0.379 e. The Balaban J connectivity index is 1.63. The lowest BCUT2D eigenvalue weighted by atomic mass is 10.2. The van der Waals surface area contributed by atoms with Crippen molar-refractivity contribution < 1.29 is 13.9 Å². The molecule has 1 aliphatic rings. The van der Waals surface area contributed by atoms with E-state index in [2.05, 4.69) is 25.8 Å². The first kappa shape index (κ1) is 19.4. The van der Waals surface area contributed by atoms with Crippen LogP contribution in [0.3, 0.4) is 0 Å². The smallest absolute Gasteiger partial charge is 0.260 e. The first-order valence-corrected chi connectivity index (χ1v) is 10.6. The molecule has 4 rings (SSSR count). The van der Waals surface area contributed by atoms with E-state index in [1.807, 2.05) is 18.2 Å². The molecule has 146 valence electrons. The normalized spacial score (nSPS) is 15.1. The Bertz CT molecular complexity index is 990. The van der Waals surface area contributed by atoms with Crippen LogP contribution in [0.1, 0.15) is 10.4 Å². The van der Waals surface area contributed by atoms with Crippen molar-refractivity contribution >= 4 is 48.5 Å². The summed E-state index contributed by atoms with van der Waals surface area (Å²) in [7, 11) is 0. The van der Waals surface area contributed by atoms with Crippen LogP contribution in [0.4, 0.5) is 9.52 Å². The number of benzene rings is 2. The molecule has 0 radical (unpaired) electrons. The monoisotopic (exact) mass is 463 g/mol. The zero-order chi connectivity index (χ0) is 19.5. The highest BCUT2D eigenvalue weighted by atomic mass is 79.9. The molecule has 28 heavy (non-hydrogen) atoms. The second-order valence-corrected chi connectivity index (χ2v) is 8.45. The second-order valence-electron chi connectivity index (χ2n) is 6.53. The number of halogens is 2. The molecule has 5 nitrogen and oxygen atoms in total.